The van der Waals surface area contributed by atoms with Gasteiger partial charge in [0.2, 0.25) is 0 Å². The zero-order valence-corrected chi connectivity index (χ0v) is 10.2. The van der Waals surface area contributed by atoms with E-state index in [0.717, 1.165) is 0 Å². The molecule has 0 spiro atoms. The molecule has 0 saturated heterocycles. The Hall–Kier alpha value is 3.07. The molecular weight excluding hydrogens is 194 g/mol. The molecular formula is H5CaFeMgNSSi. The first-order valence-electron chi connectivity index (χ1n) is 0. The van der Waals surface area contributed by atoms with Gasteiger partial charge in [-0.25, -0.2) is 0 Å². The molecule has 0 aliphatic heterocycles. The second-order valence-electron chi connectivity index (χ2n) is 0. The minimum atomic E-state index is 0. The van der Waals surface area contributed by atoms with Crippen molar-refractivity contribution >= 4 is 85.3 Å². The molecule has 0 bridgehead atoms. The Morgan fingerprint density at radius 1 is 1.00 bits per heavy atom. The van der Waals surface area contributed by atoms with Gasteiger partial charge >= 0.3 is 0 Å². The molecule has 0 aliphatic carbocycles. The summed E-state index contributed by atoms with van der Waals surface area (Å²) in [5.74, 6) is 0. The zero-order valence-electron chi connectivity index (χ0n) is 3.47. The van der Waals surface area contributed by atoms with E-state index in [9.17, 15) is 0 Å². The van der Waals surface area contributed by atoms with Crippen LogP contribution in [0, 0.1) is 0 Å². The van der Waals surface area contributed by atoms with Crippen LogP contribution in [-0.4, -0.2) is 71.8 Å². The van der Waals surface area contributed by atoms with Crippen molar-refractivity contribution in [2.24, 2.45) is 0 Å². The molecule has 0 unspecified atom stereocenters. The Morgan fingerprint density at radius 3 is 1.00 bits per heavy atom. The van der Waals surface area contributed by atoms with Crippen molar-refractivity contribution in [3.05, 3.63) is 0 Å². The van der Waals surface area contributed by atoms with Gasteiger partial charge in [-0.1, -0.05) is 0 Å². The van der Waals surface area contributed by atoms with Crippen LogP contribution in [0.15, 0.2) is 0 Å². The maximum absolute atomic E-state index is 0. The van der Waals surface area contributed by atoms with Gasteiger partial charge in [-0.05, 0) is 0 Å². The predicted octanol–water partition coefficient (Wildman–Crippen LogP) is -0.870. The van der Waals surface area contributed by atoms with E-state index in [1.165, 1.54) is 0 Å². The molecule has 0 aromatic heterocycles. The van der Waals surface area contributed by atoms with E-state index < -0.39 is 0 Å². The van der Waals surface area contributed by atoms with Crippen LogP contribution in [0.25, 0.3) is 0 Å². The second-order valence-corrected chi connectivity index (χ2v) is 0. The molecule has 0 aromatic carbocycles. The standard InChI is InChI=1S/Ca.Fe.Mg.H3N.H2S.Si/h;;;1H3;1H2;. The summed E-state index contributed by atoms with van der Waals surface area (Å²) in [7, 11) is 0. The third-order valence-electron chi connectivity index (χ3n) is 0. The molecule has 0 aliphatic rings. The first kappa shape index (κ1) is 62.6. The van der Waals surface area contributed by atoms with Gasteiger partial charge in [0.15, 0.2) is 0 Å². The SMILES string of the molecule is N.S.[Ca].[Fe].[Mg].[Si]. The average molecular weight is 199 g/mol. The maximum Gasteiger partial charge on any atom is 0 e. The fourth-order valence-corrected chi connectivity index (χ4v) is 0. The monoisotopic (exact) mass is 199 g/mol. The Balaban J connectivity index is 0. The van der Waals surface area contributed by atoms with E-state index in [4.69, 9.17) is 0 Å². The fraction of sp³-hybridized carbons (Fsp3) is 0. The van der Waals surface area contributed by atoms with Crippen LogP contribution in [0.3, 0.4) is 0 Å². The summed E-state index contributed by atoms with van der Waals surface area (Å²) in [5, 5.41) is 0. The normalized spacial score (nSPS) is 0. The summed E-state index contributed by atoms with van der Waals surface area (Å²) in [6.45, 7) is 0. The van der Waals surface area contributed by atoms with Crippen molar-refractivity contribution in [1.82, 2.24) is 6.15 Å². The molecule has 3 N–H and O–H groups in total. The van der Waals surface area contributed by atoms with Gasteiger partial charge in [-0.2, -0.15) is 13.5 Å². The molecule has 0 saturated carbocycles. The van der Waals surface area contributed by atoms with Gasteiger partial charge in [0.1, 0.15) is 0 Å². The maximum atomic E-state index is 0. The van der Waals surface area contributed by atoms with Crippen molar-refractivity contribution in [1.29, 1.82) is 0 Å². The number of rotatable bonds is 0. The van der Waals surface area contributed by atoms with Crippen LogP contribution in [-0.2, 0) is 17.1 Å². The van der Waals surface area contributed by atoms with E-state index in [0.29, 0.717) is 0 Å². The summed E-state index contributed by atoms with van der Waals surface area (Å²) < 4.78 is 0. The molecule has 0 rings (SSSR count). The Kier molecular flexibility index (Phi) is 446. The zero-order chi connectivity index (χ0) is 0. The smallest absolute Gasteiger partial charge is 0 e. The van der Waals surface area contributed by atoms with Gasteiger partial charge in [0.25, 0.3) is 0 Å². The third kappa shape index (κ3) is 27.6. The van der Waals surface area contributed by atoms with Crippen LogP contribution in [0.1, 0.15) is 0 Å². The molecule has 32 valence electrons. The molecule has 1 nitrogen and oxygen atoms in total. The van der Waals surface area contributed by atoms with Crippen LogP contribution in [0.2, 0.25) is 0 Å². The molecule has 0 atom stereocenters. The van der Waals surface area contributed by atoms with E-state index in [1.807, 2.05) is 0 Å². The van der Waals surface area contributed by atoms with Crippen LogP contribution >= 0.6 is 13.5 Å². The van der Waals surface area contributed by atoms with Gasteiger partial charge in [0.05, 0.1) is 0 Å². The molecule has 0 heterocycles. The van der Waals surface area contributed by atoms with Gasteiger partial charge in [0, 0.05) is 88.8 Å². The second kappa shape index (κ2) is 42.8. The van der Waals surface area contributed by atoms with E-state index in [-0.39, 0.29) is 108 Å². The van der Waals surface area contributed by atoms with Crippen molar-refractivity contribution in [3.63, 3.8) is 0 Å². The summed E-state index contributed by atoms with van der Waals surface area (Å²) in [4.78, 5) is 0. The van der Waals surface area contributed by atoms with Crippen molar-refractivity contribution in [3.8, 4) is 0 Å². The Labute approximate surface area is 106 Å². The summed E-state index contributed by atoms with van der Waals surface area (Å²) in [5.41, 5.74) is 0. The summed E-state index contributed by atoms with van der Waals surface area (Å²) in [6, 6.07) is 0. The molecule has 6 heavy (non-hydrogen) atoms. The first-order valence-corrected chi connectivity index (χ1v) is 0. The first-order chi connectivity index (χ1) is 0. The van der Waals surface area contributed by atoms with Crippen molar-refractivity contribution < 1.29 is 17.1 Å². The molecule has 0 aromatic rings. The van der Waals surface area contributed by atoms with Crippen LogP contribution in [0.5, 0.6) is 0 Å². The quantitative estimate of drug-likeness (QED) is 0.506. The van der Waals surface area contributed by atoms with Crippen molar-refractivity contribution in [2.75, 3.05) is 0 Å². The van der Waals surface area contributed by atoms with Crippen LogP contribution in [0.4, 0.5) is 0 Å². The van der Waals surface area contributed by atoms with Crippen molar-refractivity contribution in [2.45, 2.75) is 0 Å². The Morgan fingerprint density at radius 2 is 1.00 bits per heavy atom. The largest absolute Gasteiger partial charge is 0.344 e. The number of hydrogen-bond acceptors (Lipinski definition) is 1. The van der Waals surface area contributed by atoms with Gasteiger partial charge in [-0.3, -0.25) is 0 Å². The molecule has 8 radical (unpaired) electrons. The summed E-state index contributed by atoms with van der Waals surface area (Å²) in [6.07, 6.45) is 0. The van der Waals surface area contributed by atoms with E-state index in [2.05, 4.69) is 0 Å². The van der Waals surface area contributed by atoms with Gasteiger partial charge in [-0.15, -0.1) is 0 Å². The van der Waals surface area contributed by atoms with E-state index in [1.54, 1.807) is 0 Å². The van der Waals surface area contributed by atoms with Gasteiger partial charge < -0.3 is 6.15 Å². The summed E-state index contributed by atoms with van der Waals surface area (Å²) >= 11 is 0. The minimum absolute atomic E-state index is 0. The Bertz CT molecular complexity index is 15.5. The third-order valence-corrected chi connectivity index (χ3v) is 0. The predicted molar refractivity (Wildman–Crippen MR) is 32.7 cm³/mol. The fourth-order valence-electron chi connectivity index (χ4n) is 0. The number of hydrogen-bond donors (Lipinski definition) is 1. The minimum Gasteiger partial charge on any atom is -0.344 e. The molecule has 0 amide bonds. The van der Waals surface area contributed by atoms with Crippen LogP contribution < -0.4 is 6.15 Å². The topological polar surface area (TPSA) is 35.0 Å². The molecule has 0 fully saturated rings. The average Bonchev–Trinajstić information content (AvgIpc) is 0. The van der Waals surface area contributed by atoms with E-state index >= 15 is 0 Å². The molecule has 6 heteroatoms.